The highest BCUT2D eigenvalue weighted by Crippen LogP contribution is 2.25. The smallest absolute Gasteiger partial charge is 0.305 e. The fourth-order valence-electron chi connectivity index (χ4n) is 2.31. The average Bonchev–Trinajstić information content (AvgIpc) is 2.37. The Labute approximate surface area is 112 Å². The molecule has 0 bridgehead atoms. The van der Waals surface area contributed by atoms with Crippen LogP contribution in [0.3, 0.4) is 0 Å². The predicted molar refractivity (Wildman–Crippen MR) is 70.9 cm³/mol. The number of hydrogen-bond donors (Lipinski definition) is 3. The van der Waals surface area contributed by atoms with E-state index in [0.717, 1.165) is 23.2 Å². The Kier molecular flexibility index (Phi) is 4.16. The molecule has 1 aliphatic heterocycles. The second-order valence-electron chi connectivity index (χ2n) is 4.82. The van der Waals surface area contributed by atoms with Crippen LogP contribution in [0.1, 0.15) is 29.0 Å². The molecule has 102 valence electrons. The number of nitrogens with one attached hydrogen (secondary N) is 2. The number of fused-ring (bicyclic) bond motifs is 1. The van der Waals surface area contributed by atoms with E-state index in [1.54, 1.807) is 0 Å². The first-order valence-electron chi connectivity index (χ1n) is 6.37. The first kappa shape index (κ1) is 13.5. The molecule has 0 aromatic heterocycles. The van der Waals surface area contributed by atoms with Gasteiger partial charge in [0.2, 0.25) is 5.91 Å². The summed E-state index contributed by atoms with van der Waals surface area (Å²) in [6.45, 7) is 3.54. The summed E-state index contributed by atoms with van der Waals surface area (Å²) in [5, 5.41) is 14.5. The van der Waals surface area contributed by atoms with Crippen molar-refractivity contribution in [3.63, 3.8) is 0 Å². The Morgan fingerprint density at radius 1 is 1.47 bits per heavy atom. The Morgan fingerprint density at radius 3 is 3.00 bits per heavy atom. The van der Waals surface area contributed by atoms with Crippen molar-refractivity contribution in [2.24, 2.45) is 0 Å². The van der Waals surface area contributed by atoms with E-state index in [2.05, 4.69) is 10.6 Å². The van der Waals surface area contributed by atoms with Crippen LogP contribution >= 0.6 is 0 Å². The maximum atomic E-state index is 12.1. The van der Waals surface area contributed by atoms with Gasteiger partial charge in [-0.1, -0.05) is 23.8 Å². The van der Waals surface area contributed by atoms with Crippen LogP contribution in [0, 0.1) is 6.92 Å². The van der Waals surface area contributed by atoms with Crippen LogP contribution in [0.2, 0.25) is 0 Å². The second-order valence-corrected chi connectivity index (χ2v) is 4.82. The number of rotatable bonds is 4. The standard InChI is InChI=1S/C14H18N2O3/c1-9-2-3-10-7-15-8-12(11(10)6-9)14(19)16-5-4-13(17)18/h2-3,6,12,15H,4-5,7-8H2,1H3,(H,16,19)(H,17,18). The molecule has 0 saturated heterocycles. The highest BCUT2D eigenvalue weighted by Gasteiger charge is 2.26. The molecule has 0 fully saturated rings. The summed E-state index contributed by atoms with van der Waals surface area (Å²) in [7, 11) is 0. The van der Waals surface area contributed by atoms with E-state index >= 15 is 0 Å². The van der Waals surface area contributed by atoms with Crippen molar-refractivity contribution in [3.8, 4) is 0 Å². The molecule has 2 rings (SSSR count). The minimum Gasteiger partial charge on any atom is -0.481 e. The fourth-order valence-corrected chi connectivity index (χ4v) is 2.31. The summed E-state index contributed by atoms with van der Waals surface area (Å²) in [5.74, 6) is -1.25. The fraction of sp³-hybridized carbons (Fsp3) is 0.429. The molecule has 1 atom stereocenters. The van der Waals surface area contributed by atoms with Crippen LogP contribution in [0.25, 0.3) is 0 Å². The zero-order valence-corrected chi connectivity index (χ0v) is 10.9. The van der Waals surface area contributed by atoms with Crippen LogP contribution < -0.4 is 10.6 Å². The monoisotopic (exact) mass is 262 g/mol. The van der Waals surface area contributed by atoms with Gasteiger partial charge in [-0.05, 0) is 18.1 Å². The highest BCUT2D eigenvalue weighted by atomic mass is 16.4. The number of carbonyl (C=O) groups excluding carboxylic acids is 1. The number of aryl methyl sites for hydroxylation is 1. The zero-order chi connectivity index (χ0) is 13.8. The van der Waals surface area contributed by atoms with Gasteiger partial charge in [-0.3, -0.25) is 9.59 Å². The molecule has 1 unspecified atom stereocenters. The molecule has 1 aromatic carbocycles. The average molecular weight is 262 g/mol. The number of hydrogen-bond acceptors (Lipinski definition) is 3. The summed E-state index contributed by atoms with van der Waals surface area (Å²) in [4.78, 5) is 22.5. The molecule has 0 saturated carbocycles. The predicted octanol–water partition coefficient (Wildman–Crippen LogP) is 0.773. The van der Waals surface area contributed by atoms with Gasteiger partial charge in [0.15, 0.2) is 0 Å². The van der Waals surface area contributed by atoms with E-state index in [-0.39, 0.29) is 24.8 Å². The lowest BCUT2D eigenvalue weighted by Gasteiger charge is -2.26. The Morgan fingerprint density at radius 2 is 2.26 bits per heavy atom. The molecule has 1 amide bonds. The van der Waals surface area contributed by atoms with E-state index in [1.807, 2.05) is 25.1 Å². The van der Waals surface area contributed by atoms with Gasteiger partial charge in [0.1, 0.15) is 0 Å². The van der Waals surface area contributed by atoms with Gasteiger partial charge >= 0.3 is 5.97 Å². The highest BCUT2D eigenvalue weighted by molar-refractivity contribution is 5.85. The van der Waals surface area contributed by atoms with Crippen LogP contribution in [0.15, 0.2) is 18.2 Å². The van der Waals surface area contributed by atoms with E-state index < -0.39 is 5.97 Å². The topological polar surface area (TPSA) is 78.4 Å². The summed E-state index contributed by atoms with van der Waals surface area (Å²) in [5.41, 5.74) is 3.31. The molecule has 1 aliphatic rings. The first-order valence-corrected chi connectivity index (χ1v) is 6.37. The number of carboxylic acids is 1. The van der Waals surface area contributed by atoms with Crippen molar-refractivity contribution in [1.82, 2.24) is 10.6 Å². The molecule has 5 heteroatoms. The maximum absolute atomic E-state index is 12.1. The third-order valence-electron chi connectivity index (χ3n) is 3.30. The third kappa shape index (κ3) is 3.32. The van der Waals surface area contributed by atoms with E-state index in [1.165, 1.54) is 0 Å². The first-order chi connectivity index (χ1) is 9.08. The van der Waals surface area contributed by atoms with Gasteiger partial charge in [-0.2, -0.15) is 0 Å². The summed E-state index contributed by atoms with van der Waals surface area (Å²) in [6, 6.07) is 6.11. The van der Waals surface area contributed by atoms with Gasteiger partial charge in [0.25, 0.3) is 0 Å². The van der Waals surface area contributed by atoms with Crippen LogP contribution in [0.5, 0.6) is 0 Å². The second kappa shape index (κ2) is 5.84. The van der Waals surface area contributed by atoms with E-state index in [9.17, 15) is 9.59 Å². The molecular weight excluding hydrogens is 244 g/mol. The summed E-state index contributed by atoms with van der Waals surface area (Å²) in [6.07, 6.45) is -0.0490. The van der Waals surface area contributed by atoms with Gasteiger partial charge in [0.05, 0.1) is 12.3 Å². The Hall–Kier alpha value is -1.88. The molecule has 19 heavy (non-hydrogen) atoms. The van der Waals surface area contributed by atoms with Crippen molar-refractivity contribution >= 4 is 11.9 Å². The minimum atomic E-state index is -0.904. The molecule has 0 spiro atoms. The quantitative estimate of drug-likeness (QED) is 0.749. The van der Waals surface area contributed by atoms with Crippen molar-refractivity contribution in [2.45, 2.75) is 25.8 Å². The lowest BCUT2D eigenvalue weighted by molar-refractivity contribution is -0.136. The number of carboxylic acid groups (broad SMARTS) is 1. The Bertz CT molecular complexity index is 499. The SMILES string of the molecule is Cc1ccc2c(c1)C(C(=O)NCCC(=O)O)CNC2. The van der Waals surface area contributed by atoms with Crippen LogP contribution in [-0.4, -0.2) is 30.1 Å². The minimum absolute atomic E-state index is 0.0490. The number of carbonyl (C=O) groups is 2. The van der Waals surface area contributed by atoms with Crippen molar-refractivity contribution in [3.05, 3.63) is 34.9 Å². The van der Waals surface area contributed by atoms with Crippen LogP contribution in [-0.2, 0) is 16.1 Å². The molecule has 1 heterocycles. The normalized spacial score (nSPS) is 17.6. The summed E-state index contributed by atoms with van der Waals surface area (Å²) < 4.78 is 0. The molecule has 0 aliphatic carbocycles. The number of benzene rings is 1. The van der Waals surface area contributed by atoms with Crippen molar-refractivity contribution in [2.75, 3.05) is 13.1 Å². The number of amides is 1. The van der Waals surface area contributed by atoms with Gasteiger partial charge < -0.3 is 15.7 Å². The van der Waals surface area contributed by atoms with Gasteiger partial charge in [-0.15, -0.1) is 0 Å². The Balaban J connectivity index is 2.07. The molecule has 5 nitrogen and oxygen atoms in total. The van der Waals surface area contributed by atoms with E-state index in [0.29, 0.717) is 6.54 Å². The van der Waals surface area contributed by atoms with Gasteiger partial charge in [-0.25, -0.2) is 0 Å². The molecular formula is C14H18N2O3. The van der Waals surface area contributed by atoms with Crippen LogP contribution in [0.4, 0.5) is 0 Å². The third-order valence-corrected chi connectivity index (χ3v) is 3.30. The maximum Gasteiger partial charge on any atom is 0.305 e. The van der Waals surface area contributed by atoms with Crippen molar-refractivity contribution in [1.29, 1.82) is 0 Å². The molecule has 0 radical (unpaired) electrons. The molecule has 3 N–H and O–H groups in total. The largest absolute Gasteiger partial charge is 0.481 e. The zero-order valence-electron chi connectivity index (χ0n) is 10.9. The van der Waals surface area contributed by atoms with Gasteiger partial charge in [0, 0.05) is 19.6 Å². The number of aliphatic carboxylic acids is 1. The summed E-state index contributed by atoms with van der Waals surface area (Å²) >= 11 is 0. The lowest BCUT2D eigenvalue weighted by atomic mass is 9.89. The lowest BCUT2D eigenvalue weighted by Crippen LogP contribution is -2.39. The van der Waals surface area contributed by atoms with E-state index in [4.69, 9.17) is 5.11 Å². The molecule has 1 aromatic rings. The van der Waals surface area contributed by atoms with Crippen molar-refractivity contribution < 1.29 is 14.7 Å².